The van der Waals surface area contributed by atoms with Gasteiger partial charge in [0.2, 0.25) is 0 Å². The summed E-state index contributed by atoms with van der Waals surface area (Å²) in [6.07, 6.45) is -4.39. The maximum absolute atomic E-state index is 12.6. The van der Waals surface area contributed by atoms with Crippen molar-refractivity contribution in [3.63, 3.8) is 0 Å². The Labute approximate surface area is 117 Å². The number of carbonyl (C=O) groups excluding carboxylic acids is 1. The highest BCUT2D eigenvalue weighted by Gasteiger charge is 2.30. The van der Waals surface area contributed by atoms with Crippen molar-refractivity contribution in [2.75, 3.05) is 19.0 Å². The van der Waals surface area contributed by atoms with Crippen LogP contribution >= 0.6 is 15.9 Å². The lowest BCUT2D eigenvalue weighted by molar-refractivity contribution is -0.139. The van der Waals surface area contributed by atoms with Crippen LogP contribution in [0.25, 0.3) is 0 Å². The molecule has 0 aliphatic rings. The molecule has 0 aromatic heterocycles. The predicted octanol–water partition coefficient (Wildman–Crippen LogP) is 3.36. The average molecular weight is 340 g/mol. The Morgan fingerprint density at radius 2 is 2.11 bits per heavy atom. The number of methoxy groups -OCH3 is 1. The van der Waals surface area contributed by atoms with E-state index in [2.05, 4.69) is 26.0 Å². The highest BCUT2D eigenvalue weighted by molar-refractivity contribution is 9.10. The summed E-state index contributed by atoms with van der Waals surface area (Å²) in [6, 6.07) is 3.42. The molecule has 3 nitrogen and oxygen atoms in total. The Kier molecular flexibility index (Phi) is 5.22. The van der Waals surface area contributed by atoms with Crippen molar-refractivity contribution in [2.24, 2.45) is 0 Å². The molecule has 0 heterocycles. The number of ether oxygens (including phenoxy) is 1. The van der Waals surface area contributed by atoms with Gasteiger partial charge in [-0.3, -0.25) is 4.79 Å². The van der Waals surface area contributed by atoms with E-state index >= 15 is 0 Å². The number of carbonyl (C=O) groups is 1. The first-order chi connectivity index (χ1) is 8.75. The molecule has 7 heteroatoms. The van der Waals surface area contributed by atoms with Crippen molar-refractivity contribution in [3.8, 4) is 0 Å². The summed E-state index contributed by atoms with van der Waals surface area (Å²) in [4.78, 5) is 10.5. The number of hydrogen-bond acceptors (Lipinski definition) is 3. The number of alkyl halides is 4. The van der Waals surface area contributed by atoms with Gasteiger partial charge in [-0.15, -0.1) is 0 Å². The van der Waals surface area contributed by atoms with E-state index in [0.29, 0.717) is 11.3 Å². The summed E-state index contributed by atoms with van der Waals surface area (Å²) < 4.78 is 42.2. The summed E-state index contributed by atoms with van der Waals surface area (Å²) in [5, 5.41) is 2.79. The number of aryl methyl sites for hydroxylation is 1. The van der Waals surface area contributed by atoms with Gasteiger partial charge in [0.1, 0.15) is 4.83 Å². The first-order valence-electron chi connectivity index (χ1n) is 5.39. The molecule has 0 saturated carbocycles. The van der Waals surface area contributed by atoms with Crippen LogP contribution in [0.4, 0.5) is 18.9 Å². The van der Waals surface area contributed by atoms with Gasteiger partial charge in [0.05, 0.1) is 12.7 Å². The van der Waals surface area contributed by atoms with Crippen LogP contribution in [0.2, 0.25) is 0 Å². The minimum atomic E-state index is -4.39. The van der Waals surface area contributed by atoms with Crippen molar-refractivity contribution in [1.29, 1.82) is 0 Å². The van der Waals surface area contributed by atoms with Gasteiger partial charge in [-0.1, -0.05) is 22.0 Å². The molecule has 1 aromatic carbocycles. The third kappa shape index (κ3) is 4.41. The summed E-state index contributed by atoms with van der Waals surface area (Å²) in [5.41, 5.74) is 0.269. The Morgan fingerprint density at radius 1 is 1.47 bits per heavy atom. The molecule has 1 unspecified atom stereocenters. The van der Waals surface area contributed by atoms with Crippen LogP contribution in [0.15, 0.2) is 18.2 Å². The fraction of sp³-hybridized carbons (Fsp3) is 0.417. The fourth-order valence-electron chi connectivity index (χ4n) is 1.40. The van der Waals surface area contributed by atoms with E-state index in [1.165, 1.54) is 13.2 Å². The van der Waals surface area contributed by atoms with Crippen LogP contribution in [-0.2, 0) is 15.7 Å². The lowest BCUT2D eigenvalue weighted by Crippen LogP contribution is -2.24. The van der Waals surface area contributed by atoms with E-state index < -0.39 is 22.5 Å². The van der Waals surface area contributed by atoms with E-state index in [-0.39, 0.29) is 6.54 Å². The zero-order valence-electron chi connectivity index (χ0n) is 10.3. The smallest absolute Gasteiger partial charge is 0.416 e. The molecule has 0 amide bonds. The van der Waals surface area contributed by atoms with Crippen molar-refractivity contribution in [1.82, 2.24) is 0 Å². The second kappa shape index (κ2) is 6.27. The van der Waals surface area contributed by atoms with Gasteiger partial charge < -0.3 is 10.1 Å². The molecule has 0 bridgehead atoms. The number of esters is 1. The third-order valence-electron chi connectivity index (χ3n) is 2.49. The molecule has 1 aromatic rings. The molecule has 1 atom stereocenters. The van der Waals surface area contributed by atoms with Crippen molar-refractivity contribution >= 4 is 27.6 Å². The Bertz CT molecular complexity index is 463. The Morgan fingerprint density at radius 3 is 2.63 bits per heavy atom. The van der Waals surface area contributed by atoms with E-state index in [9.17, 15) is 18.0 Å². The van der Waals surface area contributed by atoms with E-state index in [4.69, 9.17) is 0 Å². The Balaban J connectivity index is 2.81. The lowest BCUT2D eigenvalue weighted by Gasteiger charge is -2.15. The average Bonchev–Trinajstić information content (AvgIpc) is 2.35. The molecular formula is C12H13BrF3NO2. The first-order valence-corrected chi connectivity index (χ1v) is 6.31. The van der Waals surface area contributed by atoms with Crippen molar-refractivity contribution in [3.05, 3.63) is 29.3 Å². The number of hydrogen-bond donors (Lipinski definition) is 1. The van der Waals surface area contributed by atoms with Gasteiger partial charge in [0.15, 0.2) is 0 Å². The monoisotopic (exact) mass is 339 g/mol. The topological polar surface area (TPSA) is 38.3 Å². The van der Waals surface area contributed by atoms with E-state index in [0.717, 1.165) is 12.1 Å². The molecule has 0 saturated heterocycles. The highest BCUT2D eigenvalue weighted by Crippen LogP contribution is 2.32. The van der Waals surface area contributed by atoms with Crippen LogP contribution in [0, 0.1) is 6.92 Å². The maximum atomic E-state index is 12.6. The SMILES string of the molecule is COC(=O)C(Br)CNc1cc(C(F)(F)F)ccc1C. The maximum Gasteiger partial charge on any atom is 0.416 e. The van der Waals surface area contributed by atoms with E-state index in [1.54, 1.807) is 6.92 Å². The van der Waals surface area contributed by atoms with Gasteiger partial charge in [-0.2, -0.15) is 13.2 Å². The van der Waals surface area contributed by atoms with Crippen molar-refractivity contribution in [2.45, 2.75) is 17.9 Å². The number of rotatable bonds is 4. The minimum absolute atomic E-state index is 0.134. The molecule has 0 aliphatic heterocycles. The standard InChI is InChI=1S/C12H13BrF3NO2/c1-7-3-4-8(12(14,15)16)5-10(7)17-6-9(13)11(18)19-2/h3-5,9,17H,6H2,1-2H3. The molecule has 0 spiro atoms. The minimum Gasteiger partial charge on any atom is -0.468 e. The van der Waals surface area contributed by atoms with E-state index in [1.807, 2.05) is 0 Å². The molecule has 0 aliphatic carbocycles. The highest BCUT2D eigenvalue weighted by atomic mass is 79.9. The normalized spacial score (nSPS) is 12.9. The predicted molar refractivity (Wildman–Crippen MR) is 69.4 cm³/mol. The van der Waals surface area contributed by atoms with Crippen LogP contribution < -0.4 is 5.32 Å². The zero-order valence-corrected chi connectivity index (χ0v) is 11.9. The van der Waals surface area contributed by atoms with Gasteiger partial charge in [0, 0.05) is 12.2 Å². The number of anilines is 1. The van der Waals surface area contributed by atoms with Crippen LogP contribution in [0.3, 0.4) is 0 Å². The van der Waals surface area contributed by atoms with Crippen LogP contribution in [0.5, 0.6) is 0 Å². The summed E-state index contributed by atoms with van der Waals surface area (Å²) in [5.74, 6) is -0.489. The molecule has 0 radical (unpaired) electrons. The van der Waals surface area contributed by atoms with Gasteiger partial charge in [-0.25, -0.2) is 0 Å². The van der Waals surface area contributed by atoms with Crippen molar-refractivity contribution < 1.29 is 22.7 Å². The zero-order chi connectivity index (χ0) is 14.6. The molecule has 19 heavy (non-hydrogen) atoms. The second-order valence-electron chi connectivity index (χ2n) is 3.90. The molecule has 1 rings (SSSR count). The summed E-state index contributed by atoms with van der Waals surface area (Å²) in [7, 11) is 1.24. The number of nitrogens with one attached hydrogen (secondary N) is 1. The number of halogens is 4. The van der Waals surface area contributed by atoms with Crippen LogP contribution in [-0.4, -0.2) is 24.5 Å². The van der Waals surface area contributed by atoms with Crippen LogP contribution in [0.1, 0.15) is 11.1 Å². The molecule has 106 valence electrons. The fourth-order valence-corrected chi connectivity index (χ4v) is 1.75. The van der Waals surface area contributed by atoms with Gasteiger partial charge >= 0.3 is 12.1 Å². The molecule has 1 N–H and O–H groups in total. The molecule has 0 fully saturated rings. The number of benzene rings is 1. The van der Waals surface area contributed by atoms with Gasteiger partial charge in [0.25, 0.3) is 0 Å². The quantitative estimate of drug-likeness (QED) is 0.675. The largest absolute Gasteiger partial charge is 0.468 e. The third-order valence-corrected chi connectivity index (χ3v) is 3.19. The molecular weight excluding hydrogens is 327 g/mol. The summed E-state index contributed by atoms with van der Waals surface area (Å²) >= 11 is 3.08. The summed E-state index contributed by atoms with van der Waals surface area (Å²) in [6.45, 7) is 1.82. The lowest BCUT2D eigenvalue weighted by atomic mass is 10.1. The van der Waals surface area contributed by atoms with Gasteiger partial charge in [-0.05, 0) is 24.6 Å². The Hall–Kier alpha value is -1.24. The first kappa shape index (κ1) is 15.8. The second-order valence-corrected chi connectivity index (χ2v) is 5.00.